The zero-order valence-electron chi connectivity index (χ0n) is 11.6. The van der Waals surface area contributed by atoms with Crippen LogP contribution in [0.25, 0.3) is 0 Å². The Kier molecular flexibility index (Phi) is 6.50. The Hall–Kier alpha value is -1.97. The molecule has 4 nitrogen and oxygen atoms in total. The van der Waals surface area contributed by atoms with Gasteiger partial charge in [-0.05, 0) is 43.0 Å². The summed E-state index contributed by atoms with van der Waals surface area (Å²) in [6.07, 6.45) is 6.90. The number of aryl methyl sites for hydroxylation is 1. The van der Waals surface area contributed by atoms with Crippen LogP contribution in [0.2, 0.25) is 0 Å². The van der Waals surface area contributed by atoms with Crippen molar-refractivity contribution in [1.29, 1.82) is 0 Å². The van der Waals surface area contributed by atoms with Gasteiger partial charge in [-0.2, -0.15) is 0 Å². The van der Waals surface area contributed by atoms with E-state index < -0.39 is 0 Å². The van der Waals surface area contributed by atoms with Crippen LogP contribution in [0.5, 0.6) is 17.2 Å². The summed E-state index contributed by atoms with van der Waals surface area (Å²) in [5, 5.41) is 0. The second-order valence-corrected chi connectivity index (χ2v) is 3.99. The lowest BCUT2D eigenvalue weighted by Crippen LogP contribution is -1.97. The summed E-state index contributed by atoms with van der Waals surface area (Å²) in [6, 6.07) is 3.90. The van der Waals surface area contributed by atoms with Gasteiger partial charge in [-0.3, -0.25) is 4.79 Å². The molecule has 1 aromatic rings. The molecule has 19 heavy (non-hydrogen) atoms. The van der Waals surface area contributed by atoms with Gasteiger partial charge in [-0.1, -0.05) is 6.08 Å². The first-order chi connectivity index (χ1) is 9.26. The van der Waals surface area contributed by atoms with Crippen molar-refractivity contribution in [2.45, 2.75) is 19.3 Å². The van der Waals surface area contributed by atoms with Gasteiger partial charge in [0.2, 0.25) is 5.75 Å². The number of rotatable bonds is 8. The second-order valence-electron chi connectivity index (χ2n) is 3.99. The van der Waals surface area contributed by atoms with Crippen molar-refractivity contribution in [3.63, 3.8) is 0 Å². The van der Waals surface area contributed by atoms with Gasteiger partial charge in [0.15, 0.2) is 11.5 Å². The third kappa shape index (κ3) is 4.32. The molecule has 0 radical (unpaired) electrons. The van der Waals surface area contributed by atoms with E-state index in [-0.39, 0.29) is 0 Å². The van der Waals surface area contributed by atoms with Gasteiger partial charge in [0, 0.05) is 0 Å². The molecule has 0 spiro atoms. The van der Waals surface area contributed by atoms with Crippen LogP contribution >= 0.6 is 0 Å². The molecule has 1 rings (SSSR count). The summed E-state index contributed by atoms with van der Waals surface area (Å²) in [4.78, 5) is 10.1. The number of unbranched alkanes of at least 4 members (excludes halogenated alkanes) is 1. The van der Waals surface area contributed by atoms with Crippen LogP contribution in [0.3, 0.4) is 0 Å². The number of methoxy groups -OCH3 is 3. The molecule has 0 N–H and O–H groups in total. The van der Waals surface area contributed by atoms with E-state index in [0.717, 1.165) is 31.1 Å². The van der Waals surface area contributed by atoms with E-state index in [2.05, 4.69) is 0 Å². The zero-order chi connectivity index (χ0) is 14.1. The molecule has 0 aliphatic rings. The first kappa shape index (κ1) is 15.1. The topological polar surface area (TPSA) is 44.8 Å². The Morgan fingerprint density at radius 1 is 1.05 bits per heavy atom. The van der Waals surface area contributed by atoms with Crippen LogP contribution in [-0.4, -0.2) is 27.6 Å². The van der Waals surface area contributed by atoms with Crippen molar-refractivity contribution >= 4 is 6.29 Å². The van der Waals surface area contributed by atoms with Gasteiger partial charge in [-0.25, -0.2) is 0 Å². The monoisotopic (exact) mass is 264 g/mol. The molecule has 104 valence electrons. The Morgan fingerprint density at radius 3 is 2.16 bits per heavy atom. The highest BCUT2D eigenvalue weighted by Gasteiger charge is 2.12. The van der Waals surface area contributed by atoms with E-state index in [1.807, 2.05) is 18.2 Å². The van der Waals surface area contributed by atoms with Crippen molar-refractivity contribution in [2.24, 2.45) is 0 Å². The smallest absolute Gasteiger partial charge is 0.203 e. The standard InChI is InChI=1S/C15H20O4/c1-17-13-10-12(8-6-4-5-7-9-16)11-14(18-2)15(13)19-3/h5,7,9-11H,4,6,8H2,1-3H3/b7-5+. The minimum atomic E-state index is 0.606. The molecule has 0 aliphatic heterocycles. The predicted molar refractivity (Wildman–Crippen MR) is 74.2 cm³/mol. The number of benzene rings is 1. The minimum Gasteiger partial charge on any atom is -0.493 e. The second kappa shape index (κ2) is 8.19. The molecule has 0 unspecified atom stereocenters. The van der Waals surface area contributed by atoms with Gasteiger partial charge in [0.05, 0.1) is 21.3 Å². The molecule has 0 fully saturated rings. The zero-order valence-corrected chi connectivity index (χ0v) is 11.6. The fraction of sp³-hybridized carbons (Fsp3) is 0.400. The van der Waals surface area contributed by atoms with Crippen molar-refractivity contribution in [3.8, 4) is 17.2 Å². The van der Waals surface area contributed by atoms with Crippen LogP contribution in [0.4, 0.5) is 0 Å². The minimum absolute atomic E-state index is 0.606. The number of carbonyl (C=O) groups is 1. The lowest BCUT2D eigenvalue weighted by molar-refractivity contribution is -0.104. The van der Waals surface area contributed by atoms with Crippen LogP contribution in [0, 0.1) is 0 Å². The number of hydrogen-bond acceptors (Lipinski definition) is 4. The molecule has 0 heterocycles. The first-order valence-electron chi connectivity index (χ1n) is 6.16. The van der Waals surface area contributed by atoms with E-state index in [9.17, 15) is 4.79 Å². The van der Waals surface area contributed by atoms with Crippen molar-refractivity contribution < 1.29 is 19.0 Å². The van der Waals surface area contributed by atoms with Crippen molar-refractivity contribution in [2.75, 3.05) is 21.3 Å². The van der Waals surface area contributed by atoms with E-state index >= 15 is 0 Å². The lowest BCUT2D eigenvalue weighted by Gasteiger charge is -2.13. The fourth-order valence-corrected chi connectivity index (χ4v) is 1.86. The van der Waals surface area contributed by atoms with E-state index in [1.165, 1.54) is 6.08 Å². The molecule has 0 saturated carbocycles. The third-order valence-electron chi connectivity index (χ3n) is 2.78. The number of ether oxygens (including phenoxy) is 3. The summed E-state index contributed by atoms with van der Waals surface area (Å²) in [6.45, 7) is 0. The van der Waals surface area contributed by atoms with Crippen LogP contribution in [-0.2, 0) is 11.2 Å². The Morgan fingerprint density at radius 2 is 1.68 bits per heavy atom. The number of carbonyl (C=O) groups excluding carboxylic acids is 1. The van der Waals surface area contributed by atoms with Crippen molar-refractivity contribution in [1.82, 2.24) is 0 Å². The molecular formula is C15H20O4. The van der Waals surface area contributed by atoms with E-state index in [0.29, 0.717) is 17.2 Å². The summed E-state index contributed by atoms with van der Waals surface area (Å²) < 4.78 is 15.9. The fourth-order valence-electron chi connectivity index (χ4n) is 1.86. The highest BCUT2D eigenvalue weighted by Crippen LogP contribution is 2.38. The predicted octanol–water partition coefficient (Wildman–Crippen LogP) is 2.79. The Labute approximate surface area is 114 Å². The molecule has 1 aromatic carbocycles. The maximum absolute atomic E-state index is 10.1. The van der Waals surface area contributed by atoms with Crippen LogP contribution in [0.1, 0.15) is 18.4 Å². The number of aldehydes is 1. The average molecular weight is 264 g/mol. The van der Waals surface area contributed by atoms with Crippen molar-refractivity contribution in [3.05, 3.63) is 29.8 Å². The molecule has 0 saturated heterocycles. The van der Waals surface area contributed by atoms with Crippen LogP contribution < -0.4 is 14.2 Å². The van der Waals surface area contributed by atoms with Gasteiger partial charge in [0.1, 0.15) is 6.29 Å². The summed E-state index contributed by atoms with van der Waals surface area (Å²) in [5.74, 6) is 1.94. The molecule has 0 aliphatic carbocycles. The van der Waals surface area contributed by atoms with E-state index in [1.54, 1.807) is 21.3 Å². The Bertz CT molecular complexity index is 413. The molecule has 0 aromatic heterocycles. The van der Waals surface area contributed by atoms with Gasteiger partial charge < -0.3 is 14.2 Å². The highest BCUT2D eigenvalue weighted by molar-refractivity contribution is 5.64. The van der Waals surface area contributed by atoms with E-state index in [4.69, 9.17) is 14.2 Å². The number of allylic oxidation sites excluding steroid dienone is 2. The third-order valence-corrected chi connectivity index (χ3v) is 2.78. The average Bonchev–Trinajstić information content (AvgIpc) is 2.45. The largest absolute Gasteiger partial charge is 0.493 e. The maximum Gasteiger partial charge on any atom is 0.203 e. The quantitative estimate of drug-likeness (QED) is 0.411. The summed E-state index contributed by atoms with van der Waals surface area (Å²) in [5.41, 5.74) is 1.12. The lowest BCUT2D eigenvalue weighted by atomic mass is 10.1. The number of hydrogen-bond donors (Lipinski definition) is 0. The van der Waals surface area contributed by atoms with Crippen LogP contribution in [0.15, 0.2) is 24.3 Å². The van der Waals surface area contributed by atoms with Gasteiger partial charge in [-0.15, -0.1) is 0 Å². The SMILES string of the molecule is COc1cc(CCC/C=C/C=O)cc(OC)c1OC. The Balaban J connectivity index is 2.78. The highest BCUT2D eigenvalue weighted by atomic mass is 16.5. The van der Waals surface area contributed by atoms with Gasteiger partial charge >= 0.3 is 0 Å². The molecule has 0 bridgehead atoms. The molecule has 4 heteroatoms. The van der Waals surface area contributed by atoms with Gasteiger partial charge in [0.25, 0.3) is 0 Å². The molecular weight excluding hydrogens is 244 g/mol. The molecule has 0 atom stereocenters. The normalized spacial score (nSPS) is 10.5. The maximum atomic E-state index is 10.1. The summed E-state index contributed by atoms with van der Waals surface area (Å²) in [7, 11) is 4.80. The summed E-state index contributed by atoms with van der Waals surface area (Å²) >= 11 is 0. The first-order valence-corrected chi connectivity index (χ1v) is 6.16. The molecule has 0 amide bonds.